The van der Waals surface area contributed by atoms with E-state index < -0.39 is 26.7 Å². The lowest BCUT2D eigenvalue weighted by Gasteiger charge is -2.13. The normalized spacial score (nSPS) is 13.0. The Kier molecular flexibility index (Phi) is 6.63. The Labute approximate surface area is 128 Å². The van der Waals surface area contributed by atoms with E-state index >= 15 is 0 Å². The highest BCUT2D eigenvalue weighted by atomic mass is 32.2. The minimum Gasteiger partial charge on any atom is -0.465 e. The van der Waals surface area contributed by atoms with Gasteiger partial charge in [0.1, 0.15) is 5.82 Å². The van der Waals surface area contributed by atoms with E-state index in [1.807, 2.05) is 13.2 Å². The average Bonchev–Trinajstić information content (AvgIpc) is 2.44. The third kappa shape index (κ3) is 4.98. The smallest absolute Gasteiger partial charge is 0.339 e. The predicted molar refractivity (Wildman–Crippen MR) is 80.5 cm³/mol. The van der Waals surface area contributed by atoms with Gasteiger partial charge in [-0.25, -0.2) is 22.3 Å². The second-order valence-electron chi connectivity index (χ2n) is 4.54. The molecule has 0 aliphatic heterocycles. The Morgan fingerprint density at radius 2 is 2.14 bits per heavy atom. The van der Waals surface area contributed by atoms with Crippen LogP contribution in [0.25, 0.3) is 0 Å². The number of rotatable bonds is 7. The standard InChI is InChI=1S/C13H18FNO4S2/c1-9(8-20-3)7-15-21(17,18)12-6-10(14)4-5-11(12)13(16)19-2/h4-6,9,15H,7-8H2,1-3H3. The summed E-state index contributed by atoms with van der Waals surface area (Å²) in [6.45, 7) is 2.10. The zero-order chi connectivity index (χ0) is 16.0. The summed E-state index contributed by atoms with van der Waals surface area (Å²) < 4.78 is 44.7. The Hall–Kier alpha value is -1.12. The summed E-state index contributed by atoms with van der Waals surface area (Å²) in [7, 11) is -2.85. The number of thioether (sulfide) groups is 1. The van der Waals surface area contributed by atoms with E-state index in [4.69, 9.17) is 0 Å². The number of ether oxygens (including phenoxy) is 1. The second kappa shape index (κ2) is 7.77. The molecule has 0 aliphatic rings. The van der Waals surface area contributed by atoms with Crippen LogP contribution in [0.5, 0.6) is 0 Å². The molecule has 0 aromatic heterocycles. The van der Waals surface area contributed by atoms with E-state index in [-0.39, 0.29) is 18.0 Å². The second-order valence-corrected chi connectivity index (χ2v) is 7.19. The molecule has 1 aromatic rings. The van der Waals surface area contributed by atoms with Crippen LogP contribution in [0.3, 0.4) is 0 Å². The number of carbonyl (C=O) groups is 1. The van der Waals surface area contributed by atoms with Crippen molar-refractivity contribution in [1.29, 1.82) is 0 Å². The van der Waals surface area contributed by atoms with E-state index in [0.717, 1.165) is 31.1 Å². The molecule has 21 heavy (non-hydrogen) atoms. The summed E-state index contributed by atoms with van der Waals surface area (Å²) in [6, 6.07) is 2.93. The molecule has 1 N–H and O–H groups in total. The van der Waals surface area contributed by atoms with Crippen LogP contribution in [-0.4, -0.2) is 40.1 Å². The maximum Gasteiger partial charge on any atom is 0.339 e. The number of esters is 1. The molecule has 0 amide bonds. The summed E-state index contributed by atoms with van der Waals surface area (Å²) in [6.07, 6.45) is 1.92. The highest BCUT2D eigenvalue weighted by molar-refractivity contribution is 7.98. The van der Waals surface area contributed by atoms with Gasteiger partial charge in [0.05, 0.1) is 17.6 Å². The Balaban J connectivity index is 3.07. The molecule has 0 heterocycles. The van der Waals surface area contributed by atoms with Crippen molar-refractivity contribution in [3.05, 3.63) is 29.6 Å². The molecule has 8 heteroatoms. The number of sulfonamides is 1. The van der Waals surface area contributed by atoms with E-state index in [1.54, 1.807) is 11.8 Å². The van der Waals surface area contributed by atoms with Gasteiger partial charge in [0.25, 0.3) is 0 Å². The zero-order valence-corrected chi connectivity index (χ0v) is 13.7. The molecule has 0 radical (unpaired) electrons. The fourth-order valence-electron chi connectivity index (χ4n) is 1.67. The number of methoxy groups -OCH3 is 1. The van der Waals surface area contributed by atoms with Crippen LogP contribution in [0.4, 0.5) is 4.39 Å². The van der Waals surface area contributed by atoms with Crippen molar-refractivity contribution >= 4 is 27.8 Å². The van der Waals surface area contributed by atoms with Gasteiger partial charge in [-0.05, 0) is 36.1 Å². The van der Waals surface area contributed by atoms with Crippen LogP contribution in [-0.2, 0) is 14.8 Å². The molecule has 0 fully saturated rings. The SMILES string of the molecule is COC(=O)c1ccc(F)cc1S(=O)(=O)NCC(C)CSC. The molecule has 118 valence electrons. The number of nitrogens with one attached hydrogen (secondary N) is 1. The Morgan fingerprint density at radius 3 is 2.71 bits per heavy atom. The lowest BCUT2D eigenvalue weighted by atomic mass is 10.2. The van der Waals surface area contributed by atoms with Gasteiger partial charge in [0, 0.05) is 6.54 Å². The fraction of sp³-hybridized carbons (Fsp3) is 0.462. The quantitative estimate of drug-likeness (QED) is 0.771. The number of benzene rings is 1. The maximum atomic E-state index is 13.3. The molecular formula is C13H18FNO4S2. The lowest BCUT2D eigenvalue weighted by Crippen LogP contribution is -2.30. The van der Waals surface area contributed by atoms with Crippen molar-refractivity contribution in [3.63, 3.8) is 0 Å². The number of hydrogen-bond acceptors (Lipinski definition) is 5. The van der Waals surface area contributed by atoms with Gasteiger partial charge < -0.3 is 4.74 Å². The molecule has 0 spiro atoms. The third-order valence-corrected chi connectivity index (χ3v) is 5.08. The first kappa shape index (κ1) is 17.9. The highest BCUT2D eigenvalue weighted by Crippen LogP contribution is 2.18. The maximum absolute atomic E-state index is 13.3. The number of carbonyl (C=O) groups excluding carboxylic acids is 1. The third-order valence-electron chi connectivity index (χ3n) is 2.71. The molecule has 0 bridgehead atoms. The summed E-state index contributed by atoms with van der Waals surface area (Å²) in [4.78, 5) is 11.2. The fourth-order valence-corrected chi connectivity index (χ4v) is 3.73. The topological polar surface area (TPSA) is 72.5 Å². The van der Waals surface area contributed by atoms with Crippen molar-refractivity contribution in [2.75, 3.05) is 25.7 Å². The molecule has 1 unspecified atom stereocenters. The monoisotopic (exact) mass is 335 g/mol. The van der Waals surface area contributed by atoms with Crippen LogP contribution in [0.2, 0.25) is 0 Å². The number of hydrogen-bond donors (Lipinski definition) is 1. The molecule has 0 aliphatic carbocycles. The van der Waals surface area contributed by atoms with Crippen LogP contribution >= 0.6 is 11.8 Å². The Bertz CT molecular complexity index is 604. The van der Waals surface area contributed by atoms with E-state index in [0.29, 0.717) is 0 Å². The van der Waals surface area contributed by atoms with Gasteiger partial charge in [-0.15, -0.1) is 0 Å². The highest BCUT2D eigenvalue weighted by Gasteiger charge is 2.24. The first-order valence-electron chi connectivity index (χ1n) is 6.18. The summed E-state index contributed by atoms with van der Waals surface area (Å²) in [5.41, 5.74) is -0.191. The van der Waals surface area contributed by atoms with Crippen LogP contribution in [0.15, 0.2) is 23.1 Å². The van der Waals surface area contributed by atoms with Gasteiger partial charge in [-0.3, -0.25) is 0 Å². The largest absolute Gasteiger partial charge is 0.465 e. The lowest BCUT2D eigenvalue weighted by molar-refractivity contribution is 0.0596. The van der Waals surface area contributed by atoms with Crippen molar-refractivity contribution < 1.29 is 22.3 Å². The van der Waals surface area contributed by atoms with E-state index in [1.165, 1.54) is 0 Å². The van der Waals surface area contributed by atoms with Gasteiger partial charge in [0.2, 0.25) is 10.0 Å². The van der Waals surface area contributed by atoms with Crippen molar-refractivity contribution in [1.82, 2.24) is 4.72 Å². The van der Waals surface area contributed by atoms with Crippen LogP contribution in [0.1, 0.15) is 17.3 Å². The minimum absolute atomic E-state index is 0.116. The number of halogens is 1. The minimum atomic E-state index is -3.98. The molecule has 1 atom stereocenters. The van der Waals surface area contributed by atoms with Gasteiger partial charge in [-0.1, -0.05) is 6.92 Å². The van der Waals surface area contributed by atoms with Crippen molar-refractivity contribution in [3.8, 4) is 0 Å². The average molecular weight is 335 g/mol. The molecular weight excluding hydrogens is 317 g/mol. The van der Waals surface area contributed by atoms with E-state index in [2.05, 4.69) is 9.46 Å². The summed E-state index contributed by atoms with van der Waals surface area (Å²) in [5.74, 6) is -0.659. The summed E-state index contributed by atoms with van der Waals surface area (Å²) in [5, 5.41) is 0. The van der Waals surface area contributed by atoms with Gasteiger partial charge >= 0.3 is 5.97 Å². The zero-order valence-electron chi connectivity index (χ0n) is 12.1. The molecule has 5 nitrogen and oxygen atoms in total. The van der Waals surface area contributed by atoms with Crippen LogP contribution in [0, 0.1) is 11.7 Å². The van der Waals surface area contributed by atoms with Gasteiger partial charge in [-0.2, -0.15) is 11.8 Å². The first-order valence-corrected chi connectivity index (χ1v) is 9.06. The molecule has 1 aromatic carbocycles. The first-order chi connectivity index (χ1) is 9.81. The summed E-state index contributed by atoms with van der Waals surface area (Å²) >= 11 is 1.60. The van der Waals surface area contributed by atoms with Crippen molar-refractivity contribution in [2.45, 2.75) is 11.8 Å². The van der Waals surface area contributed by atoms with E-state index in [9.17, 15) is 17.6 Å². The molecule has 1 rings (SSSR count). The Morgan fingerprint density at radius 1 is 1.48 bits per heavy atom. The van der Waals surface area contributed by atoms with Crippen molar-refractivity contribution in [2.24, 2.45) is 5.92 Å². The van der Waals surface area contributed by atoms with Crippen LogP contribution < -0.4 is 4.72 Å². The molecule has 0 saturated heterocycles. The predicted octanol–water partition coefficient (Wildman–Crippen LogP) is 1.89. The molecule has 0 saturated carbocycles. The van der Waals surface area contributed by atoms with Gasteiger partial charge in [0.15, 0.2) is 0 Å².